The van der Waals surface area contributed by atoms with Gasteiger partial charge in [-0.2, -0.15) is 0 Å². The Hall–Kier alpha value is -0.700. The first kappa shape index (κ1) is 11.8. The number of rotatable bonds is 3. The van der Waals surface area contributed by atoms with Crippen LogP contribution < -0.4 is 5.48 Å². The van der Waals surface area contributed by atoms with E-state index in [1.807, 2.05) is 19.1 Å². The normalized spacial score (nSPS) is 21.9. The van der Waals surface area contributed by atoms with Crippen molar-refractivity contribution in [1.29, 1.82) is 0 Å². The highest BCUT2D eigenvalue weighted by atomic mass is 35.5. The largest absolute Gasteiger partial charge is 0.280 e. The van der Waals surface area contributed by atoms with E-state index in [2.05, 4.69) is 5.48 Å². The van der Waals surface area contributed by atoms with Crippen molar-refractivity contribution in [3.63, 3.8) is 0 Å². The van der Waals surface area contributed by atoms with Crippen LogP contribution in [0.4, 0.5) is 0 Å². The first-order valence-electron chi connectivity index (χ1n) is 5.07. The summed E-state index contributed by atoms with van der Waals surface area (Å²) in [6.45, 7) is 2.00. The smallest absolute Gasteiger partial charge is 0.0636 e. The molecule has 2 nitrogen and oxygen atoms in total. The Balaban J connectivity index is 2.20. The van der Waals surface area contributed by atoms with Gasteiger partial charge in [0.2, 0.25) is 0 Å². The van der Waals surface area contributed by atoms with Crippen LogP contribution in [0.1, 0.15) is 24.8 Å². The molecule has 16 heavy (non-hydrogen) atoms. The van der Waals surface area contributed by atoms with E-state index in [0.29, 0.717) is 10.9 Å². The van der Waals surface area contributed by atoms with E-state index in [1.54, 1.807) is 13.2 Å². The molecular weight excluding hydrogens is 245 g/mol. The van der Waals surface area contributed by atoms with Crippen molar-refractivity contribution in [3.05, 3.63) is 45.1 Å². The molecule has 1 N–H and O–H groups in total. The number of benzene rings is 1. The third-order valence-electron chi connectivity index (χ3n) is 2.76. The van der Waals surface area contributed by atoms with Crippen LogP contribution >= 0.6 is 23.2 Å². The van der Waals surface area contributed by atoms with Crippen LogP contribution in [-0.4, -0.2) is 7.11 Å². The topological polar surface area (TPSA) is 21.3 Å². The summed E-state index contributed by atoms with van der Waals surface area (Å²) in [4.78, 5) is 4.88. The van der Waals surface area contributed by atoms with Crippen molar-refractivity contribution in [2.45, 2.75) is 19.3 Å². The number of hydrogen-bond acceptors (Lipinski definition) is 2. The average Bonchev–Trinajstić information content (AvgIpc) is 2.98. The Morgan fingerprint density at radius 1 is 1.44 bits per heavy atom. The molecule has 2 rings (SSSR count). The Kier molecular flexibility index (Phi) is 3.43. The molecular formula is C12H13Cl2NO. The van der Waals surface area contributed by atoms with Crippen molar-refractivity contribution in [2.24, 2.45) is 0 Å². The van der Waals surface area contributed by atoms with Crippen molar-refractivity contribution < 1.29 is 4.84 Å². The first-order valence-corrected chi connectivity index (χ1v) is 5.82. The molecule has 1 aliphatic rings. The van der Waals surface area contributed by atoms with Crippen LogP contribution in [0, 0.1) is 0 Å². The number of hydroxylamine groups is 1. The molecule has 1 atom stereocenters. The van der Waals surface area contributed by atoms with Crippen LogP contribution in [0.5, 0.6) is 0 Å². The zero-order valence-corrected chi connectivity index (χ0v) is 10.7. The quantitative estimate of drug-likeness (QED) is 0.830. The lowest BCUT2D eigenvalue weighted by Crippen LogP contribution is -2.08. The molecule has 4 heteroatoms. The second-order valence-electron chi connectivity index (χ2n) is 3.88. The van der Waals surface area contributed by atoms with E-state index in [4.69, 9.17) is 28.0 Å². The maximum atomic E-state index is 6.15. The van der Waals surface area contributed by atoms with Gasteiger partial charge < -0.3 is 0 Å². The zero-order chi connectivity index (χ0) is 11.7. The molecule has 1 saturated carbocycles. The summed E-state index contributed by atoms with van der Waals surface area (Å²) in [6, 6.07) is 5.65. The fourth-order valence-corrected chi connectivity index (χ4v) is 2.42. The van der Waals surface area contributed by atoms with Gasteiger partial charge >= 0.3 is 0 Å². The predicted molar refractivity (Wildman–Crippen MR) is 66.7 cm³/mol. The second-order valence-corrected chi connectivity index (χ2v) is 4.72. The Bertz CT molecular complexity index is 443. The van der Waals surface area contributed by atoms with E-state index in [0.717, 1.165) is 22.7 Å². The Morgan fingerprint density at radius 3 is 2.81 bits per heavy atom. The lowest BCUT2D eigenvalue weighted by atomic mass is 10.1. The molecule has 1 unspecified atom stereocenters. The maximum Gasteiger partial charge on any atom is 0.0636 e. The fourth-order valence-electron chi connectivity index (χ4n) is 1.88. The molecule has 1 fully saturated rings. The molecule has 1 aliphatic carbocycles. The zero-order valence-electron chi connectivity index (χ0n) is 9.18. The van der Waals surface area contributed by atoms with Crippen molar-refractivity contribution >= 4 is 23.2 Å². The highest BCUT2D eigenvalue weighted by Crippen LogP contribution is 2.50. The highest BCUT2D eigenvalue weighted by molar-refractivity contribution is 6.35. The molecule has 0 spiro atoms. The molecule has 0 aliphatic heterocycles. The lowest BCUT2D eigenvalue weighted by Gasteiger charge is -2.04. The van der Waals surface area contributed by atoms with Crippen LogP contribution in [-0.2, 0) is 4.84 Å². The minimum Gasteiger partial charge on any atom is -0.280 e. The van der Waals surface area contributed by atoms with Gasteiger partial charge in [-0.1, -0.05) is 29.3 Å². The molecule has 0 bridgehead atoms. The SMILES string of the molecule is CONC(C)=C1CC1c1ccc(Cl)cc1Cl. The van der Waals surface area contributed by atoms with Gasteiger partial charge in [0.05, 0.1) is 7.11 Å². The first-order chi connectivity index (χ1) is 7.63. The van der Waals surface area contributed by atoms with E-state index in [-0.39, 0.29) is 0 Å². The van der Waals surface area contributed by atoms with Gasteiger partial charge in [-0.15, -0.1) is 0 Å². The van der Waals surface area contributed by atoms with Crippen molar-refractivity contribution in [2.75, 3.05) is 7.11 Å². The molecule has 1 aromatic rings. The van der Waals surface area contributed by atoms with E-state index < -0.39 is 0 Å². The third kappa shape index (κ3) is 2.34. The summed E-state index contributed by atoms with van der Waals surface area (Å²) in [5.41, 5.74) is 6.39. The lowest BCUT2D eigenvalue weighted by molar-refractivity contribution is 0.117. The summed E-state index contributed by atoms with van der Waals surface area (Å²) < 4.78 is 0. The third-order valence-corrected chi connectivity index (χ3v) is 3.32. The Morgan fingerprint density at radius 2 is 2.19 bits per heavy atom. The van der Waals surface area contributed by atoms with Gasteiger partial charge in [0.25, 0.3) is 0 Å². The molecule has 0 radical (unpaired) electrons. The number of allylic oxidation sites excluding steroid dienone is 2. The van der Waals surface area contributed by atoms with Crippen LogP contribution in [0.2, 0.25) is 10.0 Å². The van der Waals surface area contributed by atoms with Crippen LogP contribution in [0.15, 0.2) is 29.5 Å². The summed E-state index contributed by atoms with van der Waals surface area (Å²) in [6.07, 6.45) is 1.03. The highest BCUT2D eigenvalue weighted by Gasteiger charge is 2.34. The van der Waals surface area contributed by atoms with Gasteiger partial charge in [0.15, 0.2) is 0 Å². The fraction of sp³-hybridized carbons (Fsp3) is 0.333. The summed E-state index contributed by atoms with van der Waals surface area (Å²) in [5, 5.41) is 1.41. The standard InChI is InChI=1S/C12H13Cl2NO/c1-7(15-16-2)10-6-11(10)9-4-3-8(13)5-12(9)14/h3-5,11,15H,6H2,1-2H3. The Labute approximate surface area is 105 Å². The number of halogens is 2. The van der Waals surface area contributed by atoms with Crippen molar-refractivity contribution in [1.82, 2.24) is 5.48 Å². The summed E-state index contributed by atoms with van der Waals surface area (Å²) >= 11 is 12.0. The number of hydrogen-bond donors (Lipinski definition) is 1. The van der Waals surface area contributed by atoms with E-state index >= 15 is 0 Å². The average molecular weight is 258 g/mol. The van der Waals surface area contributed by atoms with E-state index in [9.17, 15) is 0 Å². The van der Waals surface area contributed by atoms with Gasteiger partial charge in [-0.25, -0.2) is 0 Å². The molecule has 86 valence electrons. The molecule has 0 aromatic heterocycles. The van der Waals surface area contributed by atoms with Gasteiger partial charge in [0.1, 0.15) is 0 Å². The second kappa shape index (κ2) is 4.66. The molecule has 1 aromatic carbocycles. The monoisotopic (exact) mass is 257 g/mol. The van der Waals surface area contributed by atoms with Crippen LogP contribution in [0.3, 0.4) is 0 Å². The molecule has 0 heterocycles. The minimum atomic E-state index is 0.410. The van der Waals surface area contributed by atoms with Gasteiger partial charge in [-0.3, -0.25) is 10.3 Å². The van der Waals surface area contributed by atoms with Crippen molar-refractivity contribution in [3.8, 4) is 0 Å². The minimum absolute atomic E-state index is 0.410. The van der Waals surface area contributed by atoms with Gasteiger partial charge in [-0.05, 0) is 36.6 Å². The summed E-state index contributed by atoms with van der Waals surface area (Å²) in [5.74, 6) is 0.410. The predicted octanol–water partition coefficient (Wildman–Crippen LogP) is 3.91. The molecule has 0 amide bonds. The number of nitrogens with one attached hydrogen (secondary N) is 1. The van der Waals surface area contributed by atoms with Gasteiger partial charge in [0, 0.05) is 21.7 Å². The summed E-state index contributed by atoms with van der Waals surface area (Å²) in [7, 11) is 1.61. The molecule has 0 saturated heterocycles. The maximum absolute atomic E-state index is 6.15. The van der Waals surface area contributed by atoms with Crippen LogP contribution in [0.25, 0.3) is 0 Å². The van der Waals surface area contributed by atoms with E-state index in [1.165, 1.54) is 5.57 Å².